The van der Waals surface area contributed by atoms with Crippen LogP contribution in [0.1, 0.15) is 45.4 Å². The molecule has 2 aliphatic rings. The van der Waals surface area contributed by atoms with Gasteiger partial charge >= 0.3 is 0 Å². The summed E-state index contributed by atoms with van der Waals surface area (Å²) in [6.07, 6.45) is 6.89. The molecule has 0 aromatic carbocycles. The van der Waals surface area contributed by atoms with Crippen molar-refractivity contribution in [1.82, 2.24) is 10.6 Å². The van der Waals surface area contributed by atoms with Crippen molar-refractivity contribution in [3.63, 3.8) is 0 Å². The van der Waals surface area contributed by atoms with E-state index in [-0.39, 0.29) is 5.91 Å². The first-order valence-corrected chi connectivity index (χ1v) is 7.37. The van der Waals surface area contributed by atoms with Crippen LogP contribution in [-0.4, -0.2) is 37.7 Å². The summed E-state index contributed by atoms with van der Waals surface area (Å²) in [6.45, 7) is 5.11. The smallest absolute Gasteiger partial charge is 0.220 e. The largest absolute Gasteiger partial charge is 0.375 e. The Hall–Kier alpha value is -0.610. The normalized spacial score (nSPS) is 32.4. The van der Waals surface area contributed by atoms with Crippen LogP contribution in [0.5, 0.6) is 0 Å². The molecule has 0 aromatic rings. The third-order valence-corrected chi connectivity index (χ3v) is 4.00. The Morgan fingerprint density at radius 1 is 1.39 bits per heavy atom. The molecule has 2 heterocycles. The molecule has 2 saturated heterocycles. The maximum Gasteiger partial charge on any atom is 0.220 e. The summed E-state index contributed by atoms with van der Waals surface area (Å²) in [5.41, 5.74) is 0. The zero-order chi connectivity index (χ0) is 12.8. The summed E-state index contributed by atoms with van der Waals surface area (Å²) >= 11 is 0. The van der Waals surface area contributed by atoms with E-state index in [1.807, 2.05) is 0 Å². The van der Waals surface area contributed by atoms with Crippen molar-refractivity contribution < 1.29 is 9.53 Å². The molecule has 0 saturated carbocycles. The molecular weight excluding hydrogens is 228 g/mol. The third-order valence-electron chi connectivity index (χ3n) is 4.00. The van der Waals surface area contributed by atoms with Crippen molar-refractivity contribution in [2.45, 2.75) is 57.7 Å². The minimum absolute atomic E-state index is 0.184. The van der Waals surface area contributed by atoms with Crippen LogP contribution in [0.2, 0.25) is 0 Å². The molecule has 2 aliphatic heterocycles. The maximum absolute atomic E-state index is 11.7. The van der Waals surface area contributed by atoms with Crippen LogP contribution in [0.15, 0.2) is 0 Å². The maximum atomic E-state index is 11.7. The van der Waals surface area contributed by atoms with E-state index in [0.717, 1.165) is 38.9 Å². The van der Waals surface area contributed by atoms with Gasteiger partial charge in [-0.25, -0.2) is 0 Å². The monoisotopic (exact) mass is 254 g/mol. The summed E-state index contributed by atoms with van der Waals surface area (Å²) in [6, 6.07) is 0. The summed E-state index contributed by atoms with van der Waals surface area (Å²) in [5, 5.41) is 6.42. The van der Waals surface area contributed by atoms with Crippen LogP contribution >= 0.6 is 0 Å². The average molecular weight is 254 g/mol. The summed E-state index contributed by atoms with van der Waals surface area (Å²) < 4.78 is 5.72. The molecule has 2 N–H and O–H groups in total. The van der Waals surface area contributed by atoms with Crippen LogP contribution in [0, 0.1) is 5.92 Å². The van der Waals surface area contributed by atoms with Gasteiger partial charge in [0.05, 0.1) is 12.2 Å². The lowest BCUT2D eigenvalue weighted by Gasteiger charge is -2.23. The lowest BCUT2D eigenvalue weighted by atomic mass is 10.00. The Labute approximate surface area is 110 Å². The molecule has 4 nitrogen and oxygen atoms in total. The predicted octanol–water partition coefficient (Wildman–Crippen LogP) is 1.45. The molecule has 3 unspecified atom stereocenters. The van der Waals surface area contributed by atoms with Gasteiger partial charge in [-0.2, -0.15) is 0 Å². The Morgan fingerprint density at radius 2 is 2.28 bits per heavy atom. The topological polar surface area (TPSA) is 50.4 Å². The lowest BCUT2D eigenvalue weighted by Crippen LogP contribution is -2.38. The van der Waals surface area contributed by atoms with Crippen LogP contribution < -0.4 is 10.6 Å². The van der Waals surface area contributed by atoms with Crippen molar-refractivity contribution in [1.29, 1.82) is 0 Å². The molecule has 2 fully saturated rings. The third kappa shape index (κ3) is 4.58. The molecule has 4 heteroatoms. The van der Waals surface area contributed by atoms with E-state index in [1.165, 1.54) is 12.8 Å². The first-order valence-electron chi connectivity index (χ1n) is 7.37. The fraction of sp³-hybridized carbons (Fsp3) is 0.929. The minimum atomic E-state index is 0.184. The second-order valence-corrected chi connectivity index (χ2v) is 5.70. The first-order chi connectivity index (χ1) is 8.74. The molecule has 0 aromatic heterocycles. The number of amides is 1. The van der Waals surface area contributed by atoms with Crippen LogP contribution in [0.4, 0.5) is 0 Å². The van der Waals surface area contributed by atoms with Crippen LogP contribution in [0.3, 0.4) is 0 Å². The van der Waals surface area contributed by atoms with Crippen LogP contribution in [0.25, 0.3) is 0 Å². The van der Waals surface area contributed by atoms with Gasteiger partial charge < -0.3 is 15.4 Å². The number of carbonyl (C=O) groups is 1. The molecule has 3 atom stereocenters. The van der Waals surface area contributed by atoms with Gasteiger partial charge in [0.15, 0.2) is 0 Å². The Balaban J connectivity index is 1.54. The van der Waals surface area contributed by atoms with E-state index in [1.54, 1.807) is 0 Å². The van der Waals surface area contributed by atoms with Gasteiger partial charge in [0.25, 0.3) is 0 Å². The van der Waals surface area contributed by atoms with Crippen molar-refractivity contribution in [3.05, 3.63) is 0 Å². The SMILES string of the molecule is CC1CCC(CCC(=O)NCC2CCCNC2)O1. The highest BCUT2D eigenvalue weighted by Crippen LogP contribution is 2.22. The van der Waals surface area contributed by atoms with Crippen molar-refractivity contribution in [3.8, 4) is 0 Å². The molecule has 0 aliphatic carbocycles. The van der Waals surface area contributed by atoms with Gasteiger partial charge in [0.2, 0.25) is 5.91 Å². The lowest BCUT2D eigenvalue weighted by molar-refractivity contribution is -0.122. The molecule has 104 valence electrons. The van der Waals surface area contributed by atoms with E-state index >= 15 is 0 Å². The number of ether oxygens (including phenoxy) is 1. The Bertz CT molecular complexity index is 254. The Kier molecular flexibility index (Phi) is 5.45. The van der Waals surface area contributed by atoms with E-state index in [0.29, 0.717) is 24.5 Å². The van der Waals surface area contributed by atoms with Gasteiger partial charge in [-0.1, -0.05) is 0 Å². The predicted molar refractivity (Wildman–Crippen MR) is 71.4 cm³/mol. The molecule has 0 bridgehead atoms. The number of carbonyl (C=O) groups excluding carboxylic acids is 1. The van der Waals surface area contributed by atoms with Crippen LogP contribution in [-0.2, 0) is 9.53 Å². The summed E-state index contributed by atoms with van der Waals surface area (Å²) in [7, 11) is 0. The standard InChI is InChI=1S/C14H26N2O2/c1-11-4-5-13(18-11)6-7-14(17)16-10-12-3-2-8-15-9-12/h11-13,15H,2-10H2,1H3,(H,16,17). The first kappa shape index (κ1) is 13.8. The van der Waals surface area contributed by atoms with Gasteiger partial charge in [-0.15, -0.1) is 0 Å². The van der Waals surface area contributed by atoms with E-state index in [9.17, 15) is 4.79 Å². The highest BCUT2D eigenvalue weighted by atomic mass is 16.5. The fourth-order valence-electron chi connectivity index (χ4n) is 2.83. The second-order valence-electron chi connectivity index (χ2n) is 5.70. The summed E-state index contributed by atoms with van der Waals surface area (Å²) in [4.78, 5) is 11.7. The molecule has 2 rings (SSSR count). The highest BCUT2D eigenvalue weighted by Gasteiger charge is 2.22. The van der Waals surface area contributed by atoms with Gasteiger partial charge in [-0.3, -0.25) is 4.79 Å². The number of nitrogens with one attached hydrogen (secondary N) is 2. The van der Waals surface area contributed by atoms with Crippen molar-refractivity contribution in [2.24, 2.45) is 5.92 Å². The molecular formula is C14H26N2O2. The molecule has 1 amide bonds. The zero-order valence-corrected chi connectivity index (χ0v) is 11.4. The van der Waals surface area contributed by atoms with E-state index in [4.69, 9.17) is 4.74 Å². The Morgan fingerprint density at radius 3 is 2.94 bits per heavy atom. The fourth-order valence-corrected chi connectivity index (χ4v) is 2.83. The molecule has 18 heavy (non-hydrogen) atoms. The highest BCUT2D eigenvalue weighted by molar-refractivity contribution is 5.75. The number of rotatable bonds is 5. The van der Waals surface area contributed by atoms with E-state index < -0.39 is 0 Å². The van der Waals surface area contributed by atoms with Gasteiger partial charge in [-0.05, 0) is 58.0 Å². The molecule has 0 radical (unpaired) electrons. The quantitative estimate of drug-likeness (QED) is 0.781. The summed E-state index contributed by atoms with van der Waals surface area (Å²) in [5.74, 6) is 0.800. The number of piperidine rings is 1. The number of hydrogen-bond acceptors (Lipinski definition) is 3. The minimum Gasteiger partial charge on any atom is -0.375 e. The van der Waals surface area contributed by atoms with Gasteiger partial charge in [0, 0.05) is 13.0 Å². The van der Waals surface area contributed by atoms with Gasteiger partial charge in [0.1, 0.15) is 0 Å². The number of hydrogen-bond donors (Lipinski definition) is 2. The second kappa shape index (κ2) is 7.10. The molecule has 0 spiro atoms. The van der Waals surface area contributed by atoms with Crippen molar-refractivity contribution in [2.75, 3.05) is 19.6 Å². The zero-order valence-electron chi connectivity index (χ0n) is 11.4. The van der Waals surface area contributed by atoms with Crippen molar-refractivity contribution >= 4 is 5.91 Å². The average Bonchev–Trinajstić information content (AvgIpc) is 2.81. The van der Waals surface area contributed by atoms with E-state index in [2.05, 4.69) is 17.6 Å².